The van der Waals surface area contributed by atoms with Gasteiger partial charge in [-0.3, -0.25) is 9.59 Å². The molecule has 0 saturated carbocycles. The third-order valence-corrected chi connectivity index (χ3v) is 5.85. The Morgan fingerprint density at radius 3 is 2.13 bits per heavy atom. The Labute approximate surface area is 175 Å². The molecule has 0 aromatic heterocycles. The van der Waals surface area contributed by atoms with Gasteiger partial charge in [-0.2, -0.15) is 26.3 Å². The molecule has 1 aromatic carbocycles. The van der Waals surface area contributed by atoms with Gasteiger partial charge in [0.2, 0.25) is 11.8 Å². The first-order valence-corrected chi connectivity index (χ1v) is 9.77. The molecule has 0 radical (unpaired) electrons. The molecule has 2 fully saturated rings. The smallest absolute Gasteiger partial charge is 0.341 e. The minimum atomic E-state index is -4.96. The summed E-state index contributed by atoms with van der Waals surface area (Å²) in [6.07, 6.45) is -9.23. The van der Waals surface area contributed by atoms with Crippen molar-refractivity contribution in [3.05, 3.63) is 34.9 Å². The number of carbonyl (C=O) groups excluding carboxylic acids is 2. The van der Waals surface area contributed by atoms with Crippen molar-refractivity contribution in [3.63, 3.8) is 0 Å². The zero-order chi connectivity index (χ0) is 23.1. The lowest BCUT2D eigenvalue weighted by molar-refractivity contribution is -0.143. The summed E-state index contributed by atoms with van der Waals surface area (Å²) in [7, 11) is 3.59. The summed E-state index contributed by atoms with van der Waals surface area (Å²) < 4.78 is 78.3. The van der Waals surface area contributed by atoms with E-state index in [4.69, 9.17) is 0 Å². The van der Waals surface area contributed by atoms with E-state index in [9.17, 15) is 35.9 Å². The lowest BCUT2D eigenvalue weighted by atomic mass is 10.0. The lowest BCUT2D eigenvalue weighted by Crippen LogP contribution is -2.42. The van der Waals surface area contributed by atoms with Gasteiger partial charge in [0.1, 0.15) is 0 Å². The van der Waals surface area contributed by atoms with E-state index in [1.165, 1.54) is 0 Å². The van der Waals surface area contributed by atoms with Crippen LogP contribution in [0.25, 0.3) is 0 Å². The van der Waals surface area contributed by atoms with Crippen molar-refractivity contribution in [2.24, 2.45) is 5.92 Å². The average molecular weight is 451 g/mol. The van der Waals surface area contributed by atoms with Gasteiger partial charge in [0.25, 0.3) is 0 Å². The van der Waals surface area contributed by atoms with E-state index in [0.717, 1.165) is 17.9 Å². The normalized spacial score (nSPS) is 23.0. The second kappa shape index (κ2) is 8.33. The molecule has 0 aliphatic carbocycles. The van der Waals surface area contributed by atoms with Crippen molar-refractivity contribution in [2.75, 3.05) is 33.7 Å². The Kier molecular flexibility index (Phi) is 6.28. The number of likely N-dealkylation sites (tertiary alicyclic amines) is 2. The molecule has 0 unspecified atom stereocenters. The molecule has 0 bridgehead atoms. The van der Waals surface area contributed by atoms with E-state index in [0.29, 0.717) is 18.7 Å². The Bertz CT molecular complexity index is 822. The highest BCUT2D eigenvalue weighted by Gasteiger charge is 2.40. The van der Waals surface area contributed by atoms with Gasteiger partial charge in [-0.1, -0.05) is 0 Å². The predicted octanol–water partition coefficient (Wildman–Crippen LogP) is 3.24. The van der Waals surface area contributed by atoms with Gasteiger partial charge >= 0.3 is 12.4 Å². The molecule has 172 valence electrons. The molecule has 2 saturated heterocycles. The van der Waals surface area contributed by atoms with Crippen LogP contribution in [0.4, 0.5) is 26.3 Å². The molecule has 31 heavy (non-hydrogen) atoms. The molecule has 0 spiro atoms. The van der Waals surface area contributed by atoms with Crippen LogP contribution in [0.1, 0.15) is 29.5 Å². The largest absolute Gasteiger partial charge is 0.416 e. The van der Waals surface area contributed by atoms with E-state index in [1.54, 1.807) is 11.9 Å². The van der Waals surface area contributed by atoms with Gasteiger partial charge in [-0.25, -0.2) is 0 Å². The molecule has 1 aromatic rings. The van der Waals surface area contributed by atoms with Crippen LogP contribution < -0.4 is 0 Å². The standard InChI is InChI=1S/C20H23F6N3O2/c1-27-4-3-16(11-27)28(2)18(31)13-7-17(30)29(10-13)9-12-5-14(19(21,22)23)8-15(6-12)20(24,25)26/h5-6,8,13,16H,3-4,7,9-11H2,1-2H3/t13-,16+/m0/s1. The zero-order valence-electron chi connectivity index (χ0n) is 17.1. The van der Waals surface area contributed by atoms with Gasteiger partial charge < -0.3 is 14.7 Å². The number of likely N-dealkylation sites (N-methyl/N-ethyl adjacent to an activating group) is 2. The molecule has 2 aliphatic rings. The van der Waals surface area contributed by atoms with E-state index in [1.807, 2.05) is 7.05 Å². The molecule has 3 rings (SSSR count). The Morgan fingerprint density at radius 2 is 1.65 bits per heavy atom. The summed E-state index contributed by atoms with van der Waals surface area (Å²) in [5.74, 6) is -1.38. The average Bonchev–Trinajstić information content (AvgIpc) is 3.25. The highest BCUT2D eigenvalue weighted by atomic mass is 19.4. The second-order valence-electron chi connectivity index (χ2n) is 8.24. The van der Waals surface area contributed by atoms with E-state index in [-0.39, 0.29) is 36.5 Å². The first kappa shape index (κ1) is 23.4. The number of amides is 2. The summed E-state index contributed by atoms with van der Waals surface area (Å²) in [4.78, 5) is 30.0. The molecule has 0 N–H and O–H groups in total. The lowest BCUT2D eigenvalue weighted by Gasteiger charge is -2.27. The monoisotopic (exact) mass is 451 g/mol. The van der Waals surface area contributed by atoms with E-state index in [2.05, 4.69) is 4.90 Å². The Morgan fingerprint density at radius 1 is 1.06 bits per heavy atom. The predicted molar refractivity (Wildman–Crippen MR) is 98.6 cm³/mol. The van der Waals surface area contributed by atoms with Gasteiger partial charge in [0.05, 0.1) is 17.0 Å². The first-order chi connectivity index (χ1) is 14.3. The van der Waals surface area contributed by atoms with Crippen LogP contribution in [0.15, 0.2) is 18.2 Å². The SMILES string of the molecule is CN1CC[C@@H](N(C)C(=O)[C@H]2CC(=O)N(Cc3cc(C(F)(F)F)cc(C(F)(F)F)c3)C2)C1. The molecule has 2 amide bonds. The van der Waals surface area contributed by atoms with Gasteiger partial charge in [-0.15, -0.1) is 0 Å². The fourth-order valence-electron chi connectivity index (χ4n) is 4.12. The van der Waals surface area contributed by atoms with Crippen molar-refractivity contribution in [2.45, 2.75) is 37.8 Å². The summed E-state index contributed by atoms with van der Waals surface area (Å²) >= 11 is 0. The molecule has 2 aliphatic heterocycles. The van der Waals surface area contributed by atoms with Gasteiger partial charge in [-0.05, 0) is 43.8 Å². The minimum absolute atomic E-state index is 0.0134. The van der Waals surface area contributed by atoms with Crippen LogP contribution in [0.3, 0.4) is 0 Å². The number of hydrogen-bond acceptors (Lipinski definition) is 3. The number of nitrogens with zero attached hydrogens (tertiary/aromatic N) is 3. The van der Waals surface area contributed by atoms with Crippen molar-refractivity contribution < 1.29 is 35.9 Å². The topological polar surface area (TPSA) is 43.9 Å². The van der Waals surface area contributed by atoms with E-state index >= 15 is 0 Å². The second-order valence-corrected chi connectivity index (χ2v) is 8.24. The summed E-state index contributed by atoms with van der Waals surface area (Å²) in [6.45, 7) is 1.08. The molecule has 5 nitrogen and oxygen atoms in total. The van der Waals surface area contributed by atoms with Crippen molar-refractivity contribution >= 4 is 11.8 Å². The van der Waals surface area contributed by atoms with Gasteiger partial charge in [0.15, 0.2) is 0 Å². The minimum Gasteiger partial charge on any atom is -0.341 e. The number of rotatable bonds is 4. The number of benzene rings is 1. The number of hydrogen-bond donors (Lipinski definition) is 0. The Balaban J connectivity index is 1.74. The highest BCUT2D eigenvalue weighted by Crippen LogP contribution is 2.37. The zero-order valence-corrected chi connectivity index (χ0v) is 17.1. The first-order valence-electron chi connectivity index (χ1n) is 9.77. The van der Waals surface area contributed by atoms with Crippen molar-refractivity contribution in [3.8, 4) is 0 Å². The van der Waals surface area contributed by atoms with Gasteiger partial charge in [0, 0.05) is 39.1 Å². The summed E-state index contributed by atoms with van der Waals surface area (Å²) in [6, 6.07) is 1.28. The quantitative estimate of drug-likeness (QED) is 0.661. The maximum Gasteiger partial charge on any atom is 0.416 e. The summed E-state index contributed by atoms with van der Waals surface area (Å²) in [5.41, 5.74) is -3.14. The molecule has 2 atom stereocenters. The van der Waals surface area contributed by atoms with Crippen molar-refractivity contribution in [1.82, 2.24) is 14.7 Å². The van der Waals surface area contributed by atoms with Crippen LogP contribution in [-0.4, -0.2) is 66.3 Å². The Hall–Kier alpha value is -2.30. The van der Waals surface area contributed by atoms with Crippen LogP contribution in [0, 0.1) is 5.92 Å². The maximum absolute atomic E-state index is 13.1. The van der Waals surface area contributed by atoms with Crippen LogP contribution in [0.5, 0.6) is 0 Å². The van der Waals surface area contributed by atoms with Crippen LogP contribution in [0.2, 0.25) is 0 Å². The van der Waals surface area contributed by atoms with E-state index < -0.39 is 41.8 Å². The van der Waals surface area contributed by atoms with Crippen molar-refractivity contribution in [1.29, 1.82) is 0 Å². The number of alkyl halides is 6. The third-order valence-electron chi connectivity index (χ3n) is 5.85. The third kappa shape index (κ3) is 5.31. The number of halogens is 6. The highest BCUT2D eigenvalue weighted by molar-refractivity contribution is 5.89. The molecular weight excluding hydrogens is 428 g/mol. The van der Waals surface area contributed by atoms with Crippen LogP contribution in [-0.2, 0) is 28.5 Å². The molecular formula is C20H23F6N3O2. The number of carbonyl (C=O) groups is 2. The van der Waals surface area contributed by atoms with Crippen LogP contribution >= 0.6 is 0 Å². The molecule has 2 heterocycles. The fourth-order valence-corrected chi connectivity index (χ4v) is 4.12. The maximum atomic E-state index is 13.1. The fraction of sp³-hybridized carbons (Fsp3) is 0.600. The summed E-state index contributed by atoms with van der Waals surface area (Å²) in [5, 5.41) is 0. The molecule has 11 heteroatoms.